The van der Waals surface area contributed by atoms with Crippen molar-refractivity contribution in [2.75, 3.05) is 25.0 Å². The van der Waals surface area contributed by atoms with E-state index in [-0.39, 0.29) is 11.8 Å². The van der Waals surface area contributed by atoms with Gasteiger partial charge in [-0.15, -0.1) is 0 Å². The number of anilines is 1. The summed E-state index contributed by atoms with van der Waals surface area (Å²) in [6, 6.07) is 14.3. The van der Waals surface area contributed by atoms with Crippen molar-refractivity contribution in [1.82, 2.24) is 4.90 Å². The predicted octanol–water partition coefficient (Wildman–Crippen LogP) is 4.21. The maximum atomic E-state index is 13.0. The van der Waals surface area contributed by atoms with Crippen molar-refractivity contribution in [2.45, 2.75) is 26.7 Å². The zero-order chi connectivity index (χ0) is 19.2. The van der Waals surface area contributed by atoms with Gasteiger partial charge in [-0.05, 0) is 49.9 Å². The van der Waals surface area contributed by atoms with Crippen LogP contribution in [0.25, 0.3) is 0 Å². The largest absolute Gasteiger partial charge is 0.493 e. The van der Waals surface area contributed by atoms with Crippen LogP contribution < -0.4 is 10.1 Å². The van der Waals surface area contributed by atoms with Crippen LogP contribution >= 0.6 is 0 Å². The fourth-order valence-electron chi connectivity index (χ4n) is 3.29. The molecule has 142 valence electrons. The van der Waals surface area contributed by atoms with E-state index < -0.39 is 0 Å². The van der Waals surface area contributed by atoms with Crippen LogP contribution in [0.3, 0.4) is 0 Å². The molecule has 1 heterocycles. The highest BCUT2D eigenvalue weighted by atomic mass is 16.5. The smallest absolute Gasteiger partial charge is 0.259 e. The molecule has 0 atom stereocenters. The number of carbonyl (C=O) groups is 2. The summed E-state index contributed by atoms with van der Waals surface area (Å²) in [6.07, 6.45) is 2.03. The monoisotopic (exact) mass is 366 g/mol. The molecule has 1 saturated heterocycles. The lowest BCUT2D eigenvalue weighted by Crippen LogP contribution is -2.38. The van der Waals surface area contributed by atoms with Crippen LogP contribution in [0.5, 0.6) is 5.75 Å². The number of likely N-dealkylation sites (tertiary alicyclic amines) is 1. The maximum absolute atomic E-state index is 13.0. The first-order valence-electron chi connectivity index (χ1n) is 9.51. The van der Waals surface area contributed by atoms with Crippen LogP contribution in [0.1, 0.15) is 47.4 Å². The number of hydrogen-bond acceptors (Lipinski definition) is 3. The van der Waals surface area contributed by atoms with Gasteiger partial charge >= 0.3 is 0 Å². The first kappa shape index (κ1) is 19.0. The second-order valence-corrected chi connectivity index (χ2v) is 6.90. The predicted molar refractivity (Wildman–Crippen MR) is 106 cm³/mol. The van der Waals surface area contributed by atoms with Gasteiger partial charge < -0.3 is 15.0 Å². The minimum absolute atomic E-state index is 0.0316. The Balaban J connectivity index is 1.80. The Morgan fingerprint density at radius 3 is 2.37 bits per heavy atom. The van der Waals surface area contributed by atoms with Crippen molar-refractivity contribution in [1.29, 1.82) is 0 Å². The van der Waals surface area contributed by atoms with E-state index in [9.17, 15) is 9.59 Å². The van der Waals surface area contributed by atoms with Crippen molar-refractivity contribution in [3.05, 3.63) is 59.7 Å². The van der Waals surface area contributed by atoms with Crippen LogP contribution in [0.2, 0.25) is 0 Å². The van der Waals surface area contributed by atoms with E-state index in [1.807, 2.05) is 30.0 Å². The Hall–Kier alpha value is -2.82. The molecule has 0 aliphatic carbocycles. The molecule has 0 unspecified atom stereocenters. The molecule has 1 aliphatic heterocycles. The number of nitrogens with one attached hydrogen (secondary N) is 1. The van der Waals surface area contributed by atoms with E-state index in [4.69, 9.17) is 4.74 Å². The third-order valence-electron chi connectivity index (χ3n) is 4.91. The van der Waals surface area contributed by atoms with Gasteiger partial charge in [-0.1, -0.05) is 31.2 Å². The number of nitrogens with zero attached hydrogens (tertiary/aromatic N) is 1. The SMILES string of the molecule is CCOc1ccccc1C(=O)Nc1ccccc1C(=O)N1CCC(C)CC1. The Morgan fingerprint density at radius 1 is 1.04 bits per heavy atom. The fourth-order valence-corrected chi connectivity index (χ4v) is 3.29. The maximum Gasteiger partial charge on any atom is 0.259 e. The van der Waals surface area contributed by atoms with E-state index in [0.717, 1.165) is 25.9 Å². The fraction of sp³-hybridized carbons (Fsp3) is 0.364. The van der Waals surface area contributed by atoms with Crippen LogP contribution in [0.15, 0.2) is 48.5 Å². The number of piperidine rings is 1. The molecule has 2 aromatic carbocycles. The van der Waals surface area contributed by atoms with Crippen molar-refractivity contribution in [3.8, 4) is 5.75 Å². The van der Waals surface area contributed by atoms with Gasteiger partial charge in [0, 0.05) is 13.1 Å². The lowest BCUT2D eigenvalue weighted by Gasteiger charge is -2.30. The second-order valence-electron chi connectivity index (χ2n) is 6.90. The Kier molecular flexibility index (Phi) is 6.12. The third-order valence-corrected chi connectivity index (χ3v) is 4.91. The minimum atomic E-state index is -0.286. The van der Waals surface area contributed by atoms with Gasteiger partial charge in [0.1, 0.15) is 5.75 Å². The molecule has 0 bridgehead atoms. The van der Waals surface area contributed by atoms with Crippen LogP contribution in [-0.2, 0) is 0 Å². The molecule has 5 heteroatoms. The summed E-state index contributed by atoms with van der Waals surface area (Å²) in [5.74, 6) is 0.868. The highest BCUT2D eigenvalue weighted by molar-refractivity contribution is 6.10. The number of para-hydroxylation sites is 2. The number of amides is 2. The van der Waals surface area contributed by atoms with E-state index >= 15 is 0 Å². The molecule has 0 radical (unpaired) electrons. The first-order valence-corrected chi connectivity index (χ1v) is 9.51. The molecule has 2 amide bonds. The quantitative estimate of drug-likeness (QED) is 0.862. The van der Waals surface area contributed by atoms with E-state index in [1.165, 1.54) is 0 Å². The topological polar surface area (TPSA) is 58.6 Å². The number of rotatable bonds is 5. The standard InChI is InChI=1S/C22H26N2O3/c1-3-27-20-11-7-5-9-18(20)21(25)23-19-10-6-4-8-17(19)22(26)24-14-12-16(2)13-15-24/h4-11,16H,3,12-15H2,1-2H3,(H,23,25). The first-order chi connectivity index (χ1) is 13.1. The van der Waals surface area contributed by atoms with Crippen LogP contribution in [0.4, 0.5) is 5.69 Å². The normalized spacial score (nSPS) is 14.7. The molecule has 2 aromatic rings. The zero-order valence-corrected chi connectivity index (χ0v) is 15.9. The lowest BCUT2D eigenvalue weighted by molar-refractivity contribution is 0.0698. The molecular formula is C22H26N2O3. The Morgan fingerprint density at radius 2 is 1.67 bits per heavy atom. The number of carbonyl (C=O) groups excluding carboxylic acids is 2. The zero-order valence-electron chi connectivity index (χ0n) is 15.9. The second kappa shape index (κ2) is 8.71. The summed E-state index contributed by atoms with van der Waals surface area (Å²) in [5, 5.41) is 2.89. The molecule has 27 heavy (non-hydrogen) atoms. The molecule has 1 fully saturated rings. The molecule has 0 spiro atoms. The van der Waals surface area contributed by atoms with Gasteiger partial charge in [-0.3, -0.25) is 9.59 Å². The highest BCUT2D eigenvalue weighted by Crippen LogP contribution is 2.24. The number of benzene rings is 2. The van der Waals surface area contributed by atoms with Crippen LogP contribution in [-0.4, -0.2) is 36.4 Å². The summed E-state index contributed by atoms with van der Waals surface area (Å²) in [6.45, 7) is 6.09. The molecular weight excluding hydrogens is 340 g/mol. The number of ether oxygens (including phenoxy) is 1. The van der Waals surface area contributed by atoms with Gasteiger partial charge in [-0.25, -0.2) is 0 Å². The van der Waals surface area contributed by atoms with Gasteiger partial charge in [0.25, 0.3) is 11.8 Å². The molecule has 1 N–H and O–H groups in total. The Labute approximate surface area is 160 Å². The average Bonchev–Trinajstić information content (AvgIpc) is 2.69. The van der Waals surface area contributed by atoms with Gasteiger partial charge in [-0.2, -0.15) is 0 Å². The minimum Gasteiger partial charge on any atom is -0.493 e. The summed E-state index contributed by atoms with van der Waals surface area (Å²) in [7, 11) is 0. The summed E-state index contributed by atoms with van der Waals surface area (Å²) in [5.41, 5.74) is 1.50. The molecule has 0 aromatic heterocycles. The van der Waals surface area contributed by atoms with Crippen molar-refractivity contribution in [3.63, 3.8) is 0 Å². The summed E-state index contributed by atoms with van der Waals surface area (Å²) >= 11 is 0. The highest BCUT2D eigenvalue weighted by Gasteiger charge is 2.24. The summed E-state index contributed by atoms with van der Waals surface area (Å²) in [4.78, 5) is 27.6. The van der Waals surface area contributed by atoms with E-state index in [2.05, 4.69) is 12.2 Å². The van der Waals surface area contributed by atoms with E-state index in [1.54, 1.807) is 30.3 Å². The van der Waals surface area contributed by atoms with E-state index in [0.29, 0.717) is 35.1 Å². The third kappa shape index (κ3) is 4.48. The van der Waals surface area contributed by atoms with Gasteiger partial charge in [0.2, 0.25) is 0 Å². The molecule has 1 aliphatic rings. The number of hydrogen-bond donors (Lipinski definition) is 1. The van der Waals surface area contributed by atoms with Crippen molar-refractivity contribution < 1.29 is 14.3 Å². The Bertz CT molecular complexity index is 811. The average molecular weight is 366 g/mol. The van der Waals surface area contributed by atoms with Crippen LogP contribution in [0, 0.1) is 5.92 Å². The van der Waals surface area contributed by atoms with Crippen molar-refractivity contribution in [2.24, 2.45) is 5.92 Å². The lowest BCUT2D eigenvalue weighted by atomic mass is 9.98. The molecule has 0 saturated carbocycles. The van der Waals surface area contributed by atoms with Gasteiger partial charge in [0.15, 0.2) is 0 Å². The van der Waals surface area contributed by atoms with Crippen molar-refractivity contribution >= 4 is 17.5 Å². The molecule has 3 rings (SSSR count). The van der Waals surface area contributed by atoms with Gasteiger partial charge in [0.05, 0.1) is 23.4 Å². The summed E-state index contributed by atoms with van der Waals surface area (Å²) < 4.78 is 5.54. The molecule has 5 nitrogen and oxygen atoms in total.